The molecule has 0 aliphatic heterocycles. The van der Waals surface area contributed by atoms with Gasteiger partial charge in [-0.1, -0.05) is 12.8 Å². The van der Waals surface area contributed by atoms with Gasteiger partial charge in [-0.15, -0.1) is 0 Å². The van der Waals surface area contributed by atoms with Crippen molar-refractivity contribution in [2.75, 3.05) is 6.54 Å². The maximum atomic E-state index is 13.2. The monoisotopic (exact) mass is 318 g/mol. The Balaban J connectivity index is 2.15. The Morgan fingerprint density at radius 3 is 2.50 bits per heavy atom. The molecule has 2 rings (SSSR count). The number of carbonyl (C=O) groups excluding carboxylic acids is 1. The first-order valence-corrected chi connectivity index (χ1v) is 7.20. The number of nitrogens with two attached hydrogens (primary N) is 1. The smallest absolute Gasteiger partial charge is 0.348 e. The first kappa shape index (κ1) is 16.7. The molecule has 3 nitrogen and oxygen atoms in total. The fourth-order valence-corrected chi connectivity index (χ4v) is 2.86. The van der Waals surface area contributed by atoms with Crippen molar-refractivity contribution < 1.29 is 22.4 Å². The molecule has 1 fully saturated rings. The van der Waals surface area contributed by atoms with Crippen LogP contribution in [0.3, 0.4) is 0 Å². The van der Waals surface area contributed by atoms with E-state index in [9.17, 15) is 22.4 Å². The molecule has 1 amide bonds. The molecule has 1 aromatic carbocycles. The number of alkyl halides is 3. The number of amides is 1. The predicted octanol–water partition coefficient (Wildman–Crippen LogP) is 3.09. The van der Waals surface area contributed by atoms with Gasteiger partial charge in [0.2, 0.25) is 0 Å². The summed E-state index contributed by atoms with van der Waals surface area (Å²) in [6.45, 7) is 0.226. The fourth-order valence-electron chi connectivity index (χ4n) is 2.86. The van der Waals surface area contributed by atoms with Crippen molar-refractivity contribution in [2.24, 2.45) is 11.7 Å². The van der Waals surface area contributed by atoms with Crippen molar-refractivity contribution in [1.82, 2.24) is 5.32 Å². The lowest BCUT2D eigenvalue weighted by Crippen LogP contribution is -2.44. The first-order chi connectivity index (χ1) is 10.3. The molecule has 1 aromatic rings. The molecule has 0 radical (unpaired) electrons. The molecule has 1 aliphatic carbocycles. The molecule has 122 valence electrons. The van der Waals surface area contributed by atoms with Gasteiger partial charge in [-0.3, -0.25) is 4.79 Å². The van der Waals surface area contributed by atoms with Crippen LogP contribution in [-0.4, -0.2) is 18.5 Å². The summed E-state index contributed by atoms with van der Waals surface area (Å²) in [4.78, 5) is 12.1. The molecule has 1 saturated carbocycles. The van der Waals surface area contributed by atoms with Crippen LogP contribution in [0.5, 0.6) is 0 Å². The standard InChI is InChI=1S/C15H18F4N2O/c16-12-6-5-10(7-11(12)15(17,18)19)14(22)21-13(8-20)9-3-1-2-4-9/h5-7,9,13H,1-4,8,20H2,(H,21,22). The van der Waals surface area contributed by atoms with Crippen LogP contribution < -0.4 is 11.1 Å². The van der Waals surface area contributed by atoms with Gasteiger partial charge in [0.25, 0.3) is 5.91 Å². The number of carbonyl (C=O) groups is 1. The van der Waals surface area contributed by atoms with Gasteiger partial charge in [0.05, 0.1) is 5.56 Å². The normalized spacial score (nSPS) is 17.5. The van der Waals surface area contributed by atoms with Gasteiger partial charge in [-0.05, 0) is 37.0 Å². The number of benzene rings is 1. The van der Waals surface area contributed by atoms with Gasteiger partial charge in [-0.2, -0.15) is 13.2 Å². The average molecular weight is 318 g/mol. The van der Waals surface area contributed by atoms with Gasteiger partial charge in [0, 0.05) is 18.2 Å². The lowest BCUT2D eigenvalue weighted by Gasteiger charge is -2.23. The van der Waals surface area contributed by atoms with Gasteiger partial charge in [0.15, 0.2) is 0 Å². The van der Waals surface area contributed by atoms with Crippen molar-refractivity contribution in [1.29, 1.82) is 0 Å². The molecule has 0 spiro atoms. The number of hydrogen-bond acceptors (Lipinski definition) is 2. The van der Waals surface area contributed by atoms with Crippen molar-refractivity contribution in [2.45, 2.75) is 37.9 Å². The molecule has 0 saturated heterocycles. The third-order valence-electron chi connectivity index (χ3n) is 4.07. The van der Waals surface area contributed by atoms with E-state index in [-0.39, 0.29) is 24.1 Å². The molecule has 22 heavy (non-hydrogen) atoms. The Morgan fingerprint density at radius 1 is 1.32 bits per heavy atom. The fraction of sp³-hybridized carbons (Fsp3) is 0.533. The van der Waals surface area contributed by atoms with E-state index in [1.807, 2.05) is 0 Å². The van der Waals surface area contributed by atoms with E-state index in [0.717, 1.165) is 31.7 Å². The zero-order valence-electron chi connectivity index (χ0n) is 11.9. The van der Waals surface area contributed by atoms with E-state index < -0.39 is 23.5 Å². The third kappa shape index (κ3) is 3.76. The molecule has 0 bridgehead atoms. The highest BCUT2D eigenvalue weighted by molar-refractivity contribution is 5.94. The molecule has 3 N–H and O–H groups in total. The van der Waals surface area contributed by atoms with Crippen LogP contribution in [0.4, 0.5) is 17.6 Å². The molecule has 7 heteroatoms. The lowest BCUT2D eigenvalue weighted by atomic mass is 9.97. The quantitative estimate of drug-likeness (QED) is 0.838. The van der Waals surface area contributed by atoms with Gasteiger partial charge in [0.1, 0.15) is 5.82 Å². The Morgan fingerprint density at radius 2 is 1.95 bits per heavy atom. The summed E-state index contributed by atoms with van der Waals surface area (Å²) >= 11 is 0. The summed E-state index contributed by atoms with van der Waals surface area (Å²) in [5.41, 5.74) is 3.99. The Kier molecular flexibility index (Phi) is 5.05. The number of nitrogens with one attached hydrogen (secondary N) is 1. The van der Waals surface area contributed by atoms with Crippen LogP contribution in [0.15, 0.2) is 18.2 Å². The Hall–Kier alpha value is -1.63. The highest BCUT2D eigenvalue weighted by Gasteiger charge is 2.35. The molecule has 1 unspecified atom stereocenters. The minimum Gasteiger partial charge on any atom is -0.348 e. The molecule has 0 aromatic heterocycles. The maximum absolute atomic E-state index is 13.2. The first-order valence-electron chi connectivity index (χ1n) is 7.20. The number of hydrogen-bond donors (Lipinski definition) is 2. The van der Waals surface area contributed by atoms with Gasteiger partial charge < -0.3 is 11.1 Å². The van der Waals surface area contributed by atoms with E-state index in [1.165, 1.54) is 0 Å². The summed E-state index contributed by atoms with van der Waals surface area (Å²) in [7, 11) is 0. The molecule has 1 aliphatic rings. The number of rotatable bonds is 4. The van der Waals surface area contributed by atoms with Crippen LogP contribution in [0.2, 0.25) is 0 Å². The topological polar surface area (TPSA) is 55.1 Å². The minimum absolute atomic E-state index is 0.217. The summed E-state index contributed by atoms with van der Waals surface area (Å²) in [5.74, 6) is -1.81. The van der Waals surface area contributed by atoms with Crippen LogP contribution in [0, 0.1) is 11.7 Å². The summed E-state index contributed by atoms with van der Waals surface area (Å²) in [6, 6.07) is 1.97. The average Bonchev–Trinajstić information content (AvgIpc) is 2.97. The van der Waals surface area contributed by atoms with Crippen molar-refractivity contribution in [3.63, 3.8) is 0 Å². The second-order valence-corrected chi connectivity index (χ2v) is 5.55. The van der Waals surface area contributed by atoms with Crippen molar-refractivity contribution in [3.8, 4) is 0 Å². The van der Waals surface area contributed by atoms with Crippen molar-refractivity contribution >= 4 is 5.91 Å². The van der Waals surface area contributed by atoms with Crippen LogP contribution in [-0.2, 0) is 6.18 Å². The zero-order valence-corrected chi connectivity index (χ0v) is 11.9. The number of halogens is 4. The van der Waals surface area contributed by atoms with Crippen LogP contribution in [0.25, 0.3) is 0 Å². The zero-order chi connectivity index (χ0) is 16.3. The minimum atomic E-state index is -4.83. The highest BCUT2D eigenvalue weighted by Crippen LogP contribution is 2.32. The van der Waals surface area contributed by atoms with E-state index >= 15 is 0 Å². The summed E-state index contributed by atoms with van der Waals surface area (Å²) in [5, 5.41) is 2.67. The molecule has 1 atom stereocenters. The van der Waals surface area contributed by atoms with E-state index in [4.69, 9.17) is 5.73 Å². The van der Waals surface area contributed by atoms with Crippen LogP contribution in [0.1, 0.15) is 41.6 Å². The summed E-state index contributed by atoms with van der Waals surface area (Å²) in [6.07, 6.45) is -0.824. The summed E-state index contributed by atoms with van der Waals surface area (Å²) < 4.78 is 51.3. The third-order valence-corrected chi connectivity index (χ3v) is 4.07. The van der Waals surface area contributed by atoms with E-state index in [1.54, 1.807) is 0 Å². The maximum Gasteiger partial charge on any atom is 0.419 e. The van der Waals surface area contributed by atoms with Crippen molar-refractivity contribution in [3.05, 3.63) is 35.1 Å². The van der Waals surface area contributed by atoms with E-state index in [0.29, 0.717) is 12.1 Å². The predicted molar refractivity (Wildman–Crippen MR) is 73.7 cm³/mol. The van der Waals surface area contributed by atoms with Crippen LogP contribution >= 0.6 is 0 Å². The highest BCUT2D eigenvalue weighted by atomic mass is 19.4. The SMILES string of the molecule is NCC(NC(=O)c1ccc(F)c(C(F)(F)F)c1)C1CCCC1. The molecular weight excluding hydrogens is 300 g/mol. The van der Waals surface area contributed by atoms with Gasteiger partial charge in [-0.25, -0.2) is 4.39 Å². The second kappa shape index (κ2) is 6.64. The largest absolute Gasteiger partial charge is 0.419 e. The van der Waals surface area contributed by atoms with Gasteiger partial charge >= 0.3 is 6.18 Å². The lowest BCUT2D eigenvalue weighted by molar-refractivity contribution is -0.140. The molecular formula is C15H18F4N2O. The second-order valence-electron chi connectivity index (χ2n) is 5.55. The Bertz CT molecular complexity index is 539. The molecule has 0 heterocycles. The Labute approximate surface area is 125 Å². The van der Waals surface area contributed by atoms with E-state index in [2.05, 4.69) is 5.32 Å².